The molecule has 2 aliphatic heterocycles. The molecule has 4 aromatic rings. The van der Waals surface area contributed by atoms with Crippen molar-refractivity contribution in [2.75, 3.05) is 21.3 Å². The molecule has 220 valence electrons. The Labute approximate surface area is 246 Å². The Morgan fingerprint density at radius 1 is 0.581 bits per heavy atom. The third-order valence-corrected chi connectivity index (χ3v) is 7.87. The topological polar surface area (TPSA) is 141 Å². The van der Waals surface area contributed by atoms with Crippen LogP contribution in [0.1, 0.15) is 44.1 Å². The van der Waals surface area contributed by atoms with Gasteiger partial charge in [0.05, 0.1) is 33.2 Å². The van der Waals surface area contributed by atoms with Crippen molar-refractivity contribution in [3.05, 3.63) is 95.1 Å². The largest absolute Gasteiger partial charge is 0.508 e. The monoisotopic (exact) mass is 584 g/mol. The van der Waals surface area contributed by atoms with Crippen LogP contribution in [0.5, 0.6) is 46.0 Å². The summed E-state index contributed by atoms with van der Waals surface area (Å²) in [5, 5.41) is 30.9. The third-order valence-electron chi connectivity index (χ3n) is 7.87. The predicted molar refractivity (Wildman–Crippen MR) is 153 cm³/mol. The number of hydrogen-bond donors (Lipinski definition) is 3. The standard InChI is InChI=1S/C33H28O10/c1-39-20-12-22(36)26-24(14-20)42-32(16-4-8-18(34)9-5-16)28(30(26)37)29-31(38)27-23(41-3)13-21(40-2)15-25(27)43-33(29)17-6-10-19(35)11-7-17/h4-15,28-29,32-36H,1-3H3. The van der Waals surface area contributed by atoms with E-state index in [1.165, 1.54) is 57.7 Å². The lowest BCUT2D eigenvalue weighted by atomic mass is 9.69. The molecule has 43 heavy (non-hydrogen) atoms. The van der Waals surface area contributed by atoms with Gasteiger partial charge in [0.25, 0.3) is 0 Å². The number of aromatic hydroxyl groups is 3. The number of ketones is 2. The number of benzene rings is 4. The van der Waals surface area contributed by atoms with Crippen molar-refractivity contribution < 1.29 is 48.6 Å². The van der Waals surface area contributed by atoms with E-state index in [4.69, 9.17) is 23.7 Å². The number of ether oxygens (including phenoxy) is 5. The molecule has 4 atom stereocenters. The van der Waals surface area contributed by atoms with E-state index in [2.05, 4.69) is 0 Å². The zero-order chi connectivity index (χ0) is 30.4. The van der Waals surface area contributed by atoms with E-state index in [-0.39, 0.29) is 51.4 Å². The Kier molecular flexibility index (Phi) is 6.97. The van der Waals surface area contributed by atoms with Crippen molar-refractivity contribution >= 4 is 11.6 Å². The maximum absolute atomic E-state index is 14.6. The van der Waals surface area contributed by atoms with Gasteiger partial charge in [0.1, 0.15) is 69.3 Å². The van der Waals surface area contributed by atoms with Crippen LogP contribution in [0.2, 0.25) is 0 Å². The number of carbonyl (C=O) groups excluding carboxylic acids is 2. The summed E-state index contributed by atoms with van der Waals surface area (Å²) in [5.41, 5.74) is 1.07. The van der Waals surface area contributed by atoms with Crippen molar-refractivity contribution in [2.45, 2.75) is 12.2 Å². The van der Waals surface area contributed by atoms with Crippen LogP contribution < -0.4 is 23.7 Å². The lowest BCUT2D eigenvalue weighted by Gasteiger charge is -2.42. The summed E-state index contributed by atoms with van der Waals surface area (Å²) in [7, 11) is 4.32. The first kappa shape index (κ1) is 27.8. The fourth-order valence-electron chi connectivity index (χ4n) is 5.83. The summed E-state index contributed by atoms with van der Waals surface area (Å²) in [6.07, 6.45) is -2.05. The van der Waals surface area contributed by atoms with Gasteiger partial charge in [0.2, 0.25) is 0 Å². The van der Waals surface area contributed by atoms with Crippen LogP contribution in [0.4, 0.5) is 0 Å². The quantitative estimate of drug-likeness (QED) is 0.270. The van der Waals surface area contributed by atoms with Gasteiger partial charge in [0.15, 0.2) is 11.6 Å². The van der Waals surface area contributed by atoms with Gasteiger partial charge in [-0.25, -0.2) is 0 Å². The summed E-state index contributed by atoms with van der Waals surface area (Å²) in [6.45, 7) is 0. The molecule has 2 aliphatic rings. The Bertz CT molecular complexity index is 1710. The number of phenols is 3. The molecular formula is C33H28O10. The molecule has 10 heteroatoms. The number of Topliss-reactive ketones (excluding diaryl/α,β-unsaturated/α-hetero) is 2. The highest BCUT2D eigenvalue weighted by Gasteiger charge is 2.53. The van der Waals surface area contributed by atoms with E-state index >= 15 is 0 Å². The Morgan fingerprint density at radius 2 is 1.02 bits per heavy atom. The molecule has 0 bridgehead atoms. The van der Waals surface area contributed by atoms with E-state index in [1.807, 2.05) is 0 Å². The molecule has 0 saturated heterocycles. The molecule has 3 N–H and O–H groups in total. The first-order valence-electron chi connectivity index (χ1n) is 13.4. The lowest BCUT2D eigenvalue weighted by Crippen LogP contribution is -2.45. The fourth-order valence-corrected chi connectivity index (χ4v) is 5.83. The molecule has 0 aliphatic carbocycles. The number of hydrogen-bond acceptors (Lipinski definition) is 10. The molecule has 0 spiro atoms. The second-order valence-corrected chi connectivity index (χ2v) is 10.3. The van der Waals surface area contributed by atoms with E-state index in [0.29, 0.717) is 16.9 Å². The molecule has 0 saturated carbocycles. The highest BCUT2D eigenvalue weighted by Crippen LogP contribution is 2.54. The number of methoxy groups -OCH3 is 3. The predicted octanol–water partition coefficient (Wildman–Crippen LogP) is 5.39. The number of fused-ring (bicyclic) bond motifs is 2. The SMILES string of the molecule is COc1cc(O)c2c(c1)OC(c1ccc(O)cc1)C(C1C(=O)c3c(OC)cc(OC)cc3OC1c1ccc(O)cc1)C2=O. The van der Waals surface area contributed by atoms with Gasteiger partial charge in [-0.2, -0.15) is 0 Å². The molecule has 0 aromatic heterocycles. The molecular weight excluding hydrogens is 556 g/mol. The van der Waals surface area contributed by atoms with Crippen molar-refractivity contribution in [1.82, 2.24) is 0 Å². The van der Waals surface area contributed by atoms with Gasteiger partial charge in [-0.05, 0) is 35.4 Å². The summed E-state index contributed by atoms with van der Waals surface area (Å²) >= 11 is 0. The van der Waals surface area contributed by atoms with Crippen LogP contribution in [0.15, 0.2) is 72.8 Å². The molecule has 6 rings (SSSR count). The van der Waals surface area contributed by atoms with Gasteiger partial charge in [0, 0.05) is 24.3 Å². The summed E-state index contributed by atoms with van der Waals surface area (Å²) in [4.78, 5) is 29.1. The molecule has 4 aromatic carbocycles. The lowest BCUT2D eigenvalue weighted by molar-refractivity contribution is 0.0129. The van der Waals surface area contributed by atoms with Gasteiger partial charge in [-0.3, -0.25) is 9.59 Å². The van der Waals surface area contributed by atoms with Crippen LogP contribution >= 0.6 is 0 Å². The number of phenolic OH excluding ortho intramolecular Hbond substituents is 3. The minimum Gasteiger partial charge on any atom is -0.508 e. The third kappa shape index (κ3) is 4.70. The number of rotatable bonds is 6. The maximum Gasteiger partial charge on any atom is 0.178 e. The van der Waals surface area contributed by atoms with E-state index in [0.717, 1.165) is 0 Å². The van der Waals surface area contributed by atoms with Crippen molar-refractivity contribution in [1.29, 1.82) is 0 Å². The second kappa shape index (κ2) is 10.8. The molecule has 0 fully saturated rings. The molecule has 4 unspecified atom stereocenters. The van der Waals surface area contributed by atoms with Crippen LogP contribution in [-0.2, 0) is 0 Å². The first-order chi connectivity index (χ1) is 20.7. The minimum atomic E-state index is -1.21. The average molecular weight is 585 g/mol. The van der Waals surface area contributed by atoms with Gasteiger partial charge < -0.3 is 39.0 Å². The zero-order valence-electron chi connectivity index (χ0n) is 23.4. The van der Waals surface area contributed by atoms with Crippen molar-refractivity contribution in [3.63, 3.8) is 0 Å². The summed E-state index contributed by atoms with van der Waals surface area (Å²) in [6, 6.07) is 18.2. The Morgan fingerprint density at radius 3 is 1.49 bits per heavy atom. The average Bonchev–Trinajstić information content (AvgIpc) is 3.01. The van der Waals surface area contributed by atoms with E-state index in [1.54, 1.807) is 36.4 Å². The highest BCUT2D eigenvalue weighted by atomic mass is 16.5. The van der Waals surface area contributed by atoms with E-state index < -0.39 is 35.6 Å². The maximum atomic E-state index is 14.6. The first-order valence-corrected chi connectivity index (χ1v) is 13.4. The fraction of sp³-hybridized carbons (Fsp3) is 0.212. The zero-order valence-corrected chi connectivity index (χ0v) is 23.4. The highest BCUT2D eigenvalue weighted by molar-refractivity contribution is 6.11. The number of carbonyl (C=O) groups is 2. The van der Waals surface area contributed by atoms with Crippen molar-refractivity contribution in [2.24, 2.45) is 11.8 Å². The molecule has 0 amide bonds. The normalized spacial score (nSPS) is 20.7. The van der Waals surface area contributed by atoms with E-state index in [9.17, 15) is 24.9 Å². The molecule has 2 heterocycles. The van der Waals surface area contributed by atoms with Crippen molar-refractivity contribution in [3.8, 4) is 46.0 Å². The molecule has 10 nitrogen and oxygen atoms in total. The Hall–Kier alpha value is -5.38. The minimum absolute atomic E-state index is 0.00815. The van der Waals surface area contributed by atoms with Gasteiger partial charge in [-0.1, -0.05) is 24.3 Å². The van der Waals surface area contributed by atoms with Crippen LogP contribution in [0.25, 0.3) is 0 Å². The summed E-state index contributed by atoms with van der Waals surface area (Å²) in [5.74, 6) is -2.54. The molecule has 0 radical (unpaired) electrons. The smallest absolute Gasteiger partial charge is 0.178 e. The van der Waals surface area contributed by atoms with Gasteiger partial charge >= 0.3 is 0 Å². The van der Waals surface area contributed by atoms with Crippen LogP contribution in [0, 0.1) is 11.8 Å². The van der Waals surface area contributed by atoms with Crippen LogP contribution in [-0.4, -0.2) is 48.2 Å². The van der Waals surface area contributed by atoms with Crippen LogP contribution in [0.3, 0.4) is 0 Å². The Balaban J connectivity index is 1.59. The van der Waals surface area contributed by atoms with Gasteiger partial charge in [-0.15, -0.1) is 0 Å². The summed E-state index contributed by atoms with van der Waals surface area (Å²) < 4.78 is 29.1. The second-order valence-electron chi connectivity index (χ2n) is 10.3.